The summed E-state index contributed by atoms with van der Waals surface area (Å²) in [5.41, 5.74) is 5.14. The van der Waals surface area contributed by atoms with Gasteiger partial charge in [-0.1, -0.05) is 103 Å². The van der Waals surface area contributed by atoms with Crippen molar-refractivity contribution in [3.63, 3.8) is 0 Å². The number of benzene rings is 7. The van der Waals surface area contributed by atoms with Gasteiger partial charge >= 0.3 is 0 Å². The fraction of sp³-hybridized carbons (Fsp3) is 0. The van der Waals surface area contributed by atoms with E-state index in [4.69, 9.17) is 4.42 Å². The second-order valence-electron chi connectivity index (χ2n) is 9.75. The third-order valence-corrected chi connectivity index (χ3v) is 7.60. The van der Waals surface area contributed by atoms with Gasteiger partial charge in [-0.25, -0.2) is 0 Å². The zero-order valence-electron chi connectivity index (χ0n) is 20.6. The van der Waals surface area contributed by atoms with Crippen molar-refractivity contribution in [2.45, 2.75) is 0 Å². The Morgan fingerprint density at radius 1 is 0.395 bits per heavy atom. The van der Waals surface area contributed by atoms with E-state index in [1.807, 2.05) is 12.1 Å². The van der Waals surface area contributed by atoms with E-state index in [0.717, 1.165) is 39.0 Å². The molecule has 7 aromatic carbocycles. The molecular weight excluding hydrogens is 462 g/mol. The average Bonchev–Trinajstić information content (AvgIpc) is 3.37. The summed E-state index contributed by atoms with van der Waals surface area (Å²) in [7, 11) is 0. The van der Waals surface area contributed by atoms with Crippen molar-refractivity contribution < 1.29 is 4.42 Å². The first kappa shape index (κ1) is 21.0. The van der Waals surface area contributed by atoms with E-state index in [0.29, 0.717) is 0 Å². The fourth-order valence-electron chi connectivity index (χ4n) is 5.97. The Kier molecular flexibility index (Phi) is 4.55. The molecule has 0 saturated carbocycles. The Hall–Kier alpha value is -5.08. The molecule has 0 aliphatic heterocycles. The van der Waals surface area contributed by atoms with Gasteiger partial charge in [0.2, 0.25) is 0 Å². The maximum absolute atomic E-state index is 6.29. The molecule has 8 rings (SSSR count). The van der Waals surface area contributed by atoms with Gasteiger partial charge in [-0.15, -0.1) is 0 Å². The van der Waals surface area contributed by atoms with Gasteiger partial charge in [0.1, 0.15) is 11.2 Å². The van der Waals surface area contributed by atoms with Crippen molar-refractivity contribution >= 4 is 71.3 Å². The van der Waals surface area contributed by atoms with E-state index in [2.05, 4.69) is 132 Å². The molecule has 0 amide bonds. The third-order valence-electron chi connectivity index (χ3n) is 7.60. The molecule has 2 nitrogen and oxygen atoms in total. The molecule has 0 radical (unpaired) electrons. The first-order valence-corrected chi connectivity index (χ1v) is 13.0. The van der Waals surface area contributed by atoms with Gasteiger partial charge in [-0.3, -0.25) is 0 Å². The zero-order chi connectivity index (χ0) is 25.1. The number of furan rings is 1. The van der Waals surface area contributed by atoms with Crippen LogP contribution in [0.4, 0.5) is 17.1 Å². The van der Waals surface area contributed by atoms with Crippen LogP contribution in [-0.2, 0) is 0 Å². The van der Waals surface area contributed by atoms with Gasteiger partial charge in [-0.05, 0) is 63.3 Å². The largest absolute Gasteiger partial charge is 0.456 e. The molecule has 0 aliphatic rings. The Bertz CT molecular complexity index is 2140. The molecule has 38 heavy (non-hydrogen) atoms. The molecule has 8 aromatic rings. The number of hydrogen-bond donors (Lipinski definition) is 0. The lowest BCUT2D eigenvalue weighted by molar-refractivity contribution is 0.669. The lowest BCUT2D eigenvalue weighted by atomic mass is 9.94. The van der Waals surface area contributed by atoms with Crippen LogP contribution in [0, 0.1) is 0 Å². The Morgan fingerprint density at radius 2 is 1.05 bits per heavy atom. The summed E-state index contributed by atoms with van der Waals surface area (Å²) in [6.45, 7) is 0. The predicted octanol–water partition coefficient (Wildman–Crippen LogP) is 10.5. The van der Waals surface area contributed by atoms with Gasteiger partial charge in [0, 0.05) is 16.5 Å². The summed E-state index contributed by atoms with van der Waals surface area (Å²) in [5.74, 6) is 0. The molecule has 0 N–H and O–H groups in total. The van der Waals surface area contributed by atoms with Gasteiger partial charge in [-0.2, -0.15) is 0 Å². The number of rotatable bonds is 3. The number of fused-ring (bicyclic) bond motifs is 8. The van der Waals surface area contributed by atoms with E-state index >= 15 is 0 Å². The quantitative estimate of drug-likeness (QED) is 0.231. The Morgan fingerprint density at radius 3 is 1.92 bits per heavy atom. The predicted molar refractivity (Wildman–Crippen MR) is 161 cm³/mol. The number of anilines is 3. The molecule has 0 unspecified atom stereocenters. The van der Waals surface area contributed by atoms with Crippen molar-refractivity contribution in [3.05, 3.63) is 140 Å². The molecule has 0 aliphatic carbocycles. The number of hydrogen-bond acceptors (Lipinski definition) is 2. The monoisotopic (exact) mass is 485 g/mol. The highest BCUT2D eigenvalue weighted by atomic mass is 16.3. The van der Waals surface area contributed by atoms with Gasteiger partial charge in [0.05, 0.1) is 16.8 Å². The van der Waals surface area contributed by atoms with Gasteiger partial charge in [0.25, 0.3) is 0 Å². The van der Waals surface area contributed by atoms with Gasteiger partial charge in [0.15, 0.2) is 0 Å². The molecule has 1 aromatic heterocycles. The van der Waals surface area contributed by atoms with E-state index in [9.17, 15) is 0 Å². The lowest BCUT2D eigenvalue weighted by Gasteiger charge is -2.28. The molecule has 0 bridgehead atoms. The second kappa shape index (κ2) is 8.22. The molecule has 0 spiro atoms. The zero-order valence-corrected chi connectivity index (χ0v) is 20.6. The van der Waals surface area contributed by atoms with E-state index in [1.165, 1.54) is 32.3 Å². The summed E-state index contributed by atoms with van der Waals surface area (Å²) >= 11 is 0. The molecule has 0 atom stereocenters. The second-order valence-corrected chi connectivity index (χ2v) is 9.75. The van der Waals surface area contributed by atoms with Crippen molar-refractivity contribution in [1.82, 2.24) is 0 Å². The maximum Gasteiger partial charge on any atom is 0.137 e. The van der Waals surface area contributed by atoms with Crippen molar-refractivity contribution in [1.29, 1.82) is 0 Å². The molecule has 1 heterocycles. The van der Waals surface area contributed by atoms with Gasteiger partial charge < -0.3 is 9.32 Å². The topological polar surface area (TPSA) is 16.4 Å². The van der Waals surface area contributed by atoms with E-state index < -0.39 is 0 Å². The SMILES string of the molecule is c1ccc(N(c2cc3ccc4ccccc4c3c3ccccc23)c2cccc3oc4ccccc4c23)cc1. The molecule has 0 fully saturated rings. The molecule has 2 heteroatoms. The number of para-hydroxylation sites is 2. The lowest BCUT2D eigenvalue weighted by Crippen LogP contribution is -2.11. The van der Waals surface area contributed by atoms with E-state index in [-0.39, 0.29) is 0 Å². The minimum atomic E-state index is 0.890. The maximum atomic E-state index is 6.29. The summed E-state index contributed by atoms with van der Waals surface area (Å²) in [6, 6.07) is 49.6. The highest BCUT2D eigenvalue weighted by Crippen LogP contribution is 2.46. The molecule has 0 saturated heterocycles. The fourth-order valence-corrected chi connectivity index (χ4v) is 5.97. The van der Waals surface area contributed by atoms with Crippen molar-refractivity contribution in [2.24, 2.45) is 0 Å². The van der Waals surface area contributed by atoms with Crippen LogP contribution >= 0.6 is 0 Å². The summed E-state index contributed by atoms with van der Waals surface area (Å²) in [6.07, 6.45) is 0. The first-order chi connectivity index (χ1) is 18.9. The Labute approximate surface area is 220 Å². The average molecular weight is 486 g/mol. The van der Waals surface area contributed by atoms with Crippen LogP contribution in [0.1, 0.15) is 0 Å². The molecular formula is C36H23NO. The minimum Gasteiger partial charge on any atom is -0.456 e. The smallest absolute Gasteiger partial charge is 0.137 e. The summed E-state index contributed by atoms with van der Waals surface area (Å²) < 4.78 is 6.29. The van der Waals surface area contributed by atoms with Crippen LogP contribution in [0.15, 0.2) is 144 Å². The minimum absolute atomic E-state index is 0.890. The summed E-state index contributed by atoms with van der Waals surface area (Å²) in [4.78, 5) is 2.39. The highest BCUT2D eigenvalue weighted by Gasteiger charge is 2.21. The molecule has 178 valence electrons. The van der Waals surface area contributed by atoms with Crippen molar-refractivity contribution in [3.8, 4) is 0 Å². The van der Waals surface area contributed by atoms with Crippen LogP contribution in [0.2, 0.25) is 0 Å². The van der Waals surface area contributed by atoms with Crippen LogP contribution < -0.4 is 4.90 Å². The van der Waals surface area contributed by atoms with Crippen LogP contribution in [0.25, 0.3) is 54.3 Å². The van der Waals surface area contributed by atoms with E-state index in [1.54, 1.807) is 0 Å². The first-order valence-electron chi connectivity index (χ1n) is 13.0. The van der Waals surface area contributed by atoms with Crippen LogP contribution in [0.5, 0.6) is 0 Å². The third kappa shape index (κ3) is 3.07. The standard InChI is InChI=1S/C36H23NO/c1-2-12-26(13-3-1)37(31-18-10-20-34-36(31)30-17-8-9-19-33(30)38-34)32-23-25-22-21-24-11-4-5-14-27(24)35(25)29-16-7-6-15-28(29)32/h1-23H. The van der Waals surface area contributed by atoms with Crippen LogP contribution in [0.3, 0.4) is 0 Å². The Balaban J connectivity index is 1.53. The summed E-state index contributed by atoms with van der Waals surface area (Å²) in [5, 5.41) is 9.76. The van der Waals surface area contributed by atoms with Crippen molar-refractivity contribution in [2.75, 3.05) is 4.90 Å². The normalized spacial score (nSPS) is 11.7. The highest BCUT2D eigenvalue weighted by molar-refractivity contribution is 6.24. The van der Waals surface area contributed by atoms with Crippen LogP contribution in [-0.4, -0.2) is 0 Å². The number of nitrogens with zero attached hydrogens (tertiary/aromatic N) is 1.